The van der Waals surface area contributed by atoms with E-state index in [2.05, 4.69) is 12.2 Å². The van der Waals surface area contributed by atoms with Crippen LogP contribution in [-0.2, 0) is 9.59 Å². The monoisotopic (exact) mass is 274 g/mol. The second-order valence-electron chi connectivity index (χ2n) is 5.88. The lowest BCUT2D eigenvalue weighted by molar-refractivity contribution is -0.134. The van der Waals surface area contributed by atoms with E-state index in [4.69, 9.17) is 0 Å². The molecule has 1 saturated carbocycles. The average Bonchev–Trinajstić information content (AvgIpc) is 3.10. The highest BCUT2D eigenvalue weighted by Gasteiger charge is 2.40. The Morgan fingerprint density at radius 3 is 2.60 bits per heavy atom. The van der Waals surface area contributed by atoms with Gasteiger partial charge in [0.2, 0.25) is 11.8 Å². The number of amides is 2. The van der Waals surface area contributed by atoms with Crippen LogP contribution in [0.5, 0.6) is 0 Å². The molecule has 0 heterocycles. The summed E-state index contributed by atoms with van der Waals surface area (Å²) in [7, 11) is 1.69. The molecule has 1 aliphatic carbocycles. The number of rotatable bonds is 4. The van der Waals surface area contributed by atoms with E-state index < -0.39 is 0 Å². The zero-order valence-electron chi connectivity index (χ0n) is 12.6. The molecule has 108 valence electrons. The van der Waals surface area contributed by atoms with Gasteiger partial charge in [0.15, 0.2) is 0 Å². The van der Waals surface area contributed by atoms with Gasteiger partial charge < -0.3 is 10.2 Å². The lowest BCUT2D eigenvalue weighted by atomic mass is 10.1. The minimum Gasteiger partial charge on any atom is -0.336 e. The second kappa shape index (κ2) is 5.65. The zero-order valence-corrected chi connectivity index (χ0v) is 12.6. The van der Waals surface area contributed by atoms with Gasteiger partial charge in [0.1, 0.15) is 0 Å². The second-order valence-corrected chi connectivity index (χ2v) is 5.88. The highest BCUT2D eigenvalue weighted by molar-refractivity contribution is 5.95. The third-order valence-electron chi connectivity index (χ3n) is 3.85. The van der Waals surface area contributed by atoms with Crippen molar-refractivity contribution >= 4 is 17.5 Å². The van der Waals surface area contributed by atoms with E-state index >= 15 is 0 Å². The Morgan fingerprint density at radius 1 is 1.35 bits per heavy atom. The molecule has 0 unspecified atom stereocenters. The summed E-state index contributed by atoms with van der Waals surface area (Å²) in [5.74, 6) is 0.511. The van der Waals surface area contributed by atoms with Crippen molar-refractivity contribution in [2.45, 2.75) is 27.2 Å². The summed E-state index contributed by atoms with van der Waals surface area (Å²) in [5.41, 5.74) is 2.94. The van der Waals surface area contributed by atoms with E-state index in [0.29, 0.717) is 5.92 Å². The van der Waals surface area contributed by atoms with Crippen LogP contribution < -0.4 is 5.32 Å². The Balaban J connectivity index is 1.92. The Kier molecular flexibility index (Phi) is 4.12. The van der Waals surface area contributed by atoms with Crippen molar-refractivity contribution in [3.8, 4) is 0 Å². The first-order valence-electron chi connectivity index (χ1n) is 7.00. The summed E-state index contributed by atoms with van der Waals surface area (Å²) in [6, 6.07) is 5.93. The highest BCUT2D eigenvalue weighted by Crippen LogP contribution is 2.38. The Labute approximate surface area is 120 Å². The molecule has 0 saturated heterocycles. The SMILES string of the molecule is Cc1ccc(C)c(NC(=O)CN(C)C(=O)[C@H]2C[C@@H]2C)c1. The fourth-order valence-electron chi connectivity index (χ4n) is 2.30. The van der Waals surface area contributed by atoms with Crippen LogP contribution in [0.2, 0.25) is 0 Å². The smallest absolute Gasteiger partial charge is 0.243 e. The van der Waals surface area contributed by atoms with Gasteiger partial charge in [-0.1, -0.05) is 19.1 Å². The summed E-state index contributed by atoms with van der Waals surface area (Å²) in [5, 5.41) is 2.87. The molecular formula is C16H22N2O2. The van der Waals surface area contributed by atoms with Gasteiger partial charge >= 0.3 is 0 Å². The molecule has 20 heavy (non-hydrogen) atoms. The topological polar surface area (TPSA) is 49.4 Å². The predicted molar refractivity (Wildman–Crippen MR) is 79.5 cm³/mol. The molecule has 1 aliphatic rings. The van der Waals surface area contributed by atoms with Crippen molar-refractivity contribution in [2.24, 2.45) is 11.8 Å². The van der Waals surface area contributed by atoms with Gasteiger partial charge in [0.05, 0.1) is 6.54 Å². The van der Waals surface area contributed by atoms with Crippen LogP contribution in [0.25, 0.3) is 0 Å². The number of carbonyl (C=O) groups is 2. The van der Waals surface area contributed by atoms with Gasteiger partial charge in [-0.2, -0.15) is 0 Å². The number of hydrogen-bond donors (Lipinski definition) is 1. The predicted octanol–water partition coefficient (Wildman–Crippen LogP) is 2.36. The van der Waals surface area contributed by atoms with E-state index in [9.17, 15) is 9.59 Å². The van der Waals surface area contributed by atoms with E-state index in [-0.39, 0.29) is 24.3 Å². The average molecular weight is 274 g/mol. The third kappa shape index (κ3) is 3.38. The number of anilines is 1. The standard InChI is InChI=1S/C16H22N2O2/c1-10-5-6-11(2)14(7-10)17-15(19)9-18(4)16(20)13-8-12(13)3/h5-7,12-13H,8-9H2,1-4H3,(H,17,19)/t12-,13-/m0/s1. The number of carbonyl (C=O) groups excluding carboxylic acids is 2. The lowest BCUT2D eigenvalue weighted by Gasteiger charge is -2.17. The van der Waals surface area contributed by atoms with Gasteiger partial charge in [0, 0.05) is 18.7 Å². The van der Waals surface area contributed by atoms with Crippen LogP contribution in [-0.4, -0.2) is 30.3 Å². The molecule has 1 aromatic carbocycles. The molecule has 2 atom stereocenters. The molecule has 1 N–H and O–H groups in total. The summed E-state index contributed by atoms with van der Waals surface area (Å²) >= 11 is 0. The first kappa shape index (κ1) is 14.6. The maximum atomic E-state index is 12.0. The molecule has 1 aromatic rings. The normalized spacial score (nSPS) is 20.4. The molecule has 0 bridgehead atoms. The Morgan fingerprint density at radius 2 is 2.00 bits per heavy atom. The van der Waals surface area contributed by atoms with E-state index in [1.54, 1.807) is 7.05 Å². The van der Waals surface area contributed by atoms with Gasteiger partial charge in [-0.25, -0.2) is 0 Å². The molecule has 2 amide bonds. The Hall–Kier alpha value is -1.84. The molecular weight excluding hydrogens is 252 g/mol. The van der Waals surface area contributed by atoms with Gasteiger partial charge in [0.25, 0.3) is 0 Å². The minimum absolute atomic E-state index is 0.0774. The number of benzene rings is 1. The van der Waals surface area contributed by atoms with Crippen molar-refractivity contribution in [3.05, 3.63) is 29.3 Å². The van der Waals surface area contributed by atoms with Gasteiger partial charge in [-0.3, -0.25) is 9.59 Å². The number of aryl methyl sites for hydroxylation is 2. The fraction of sp³-hybridized carbons (Fsp3) is 0.500. The zero-order chi connectivity index (χ0) is 14.9. The molecule has 0 radical (unpaired) electrons. The third-order valence-corrected chi connectivity index (χ3v) is 3.85. The number of nitrogens with zero attached hydrogens (tertiary/aromatic N) is 1. The van der Waals surface area contributed by atoms with Crippen LogP contribution in [0, 0.1) is 25.7 Å². The molecule has 4 nitrogen and oxygen atoms in total. The molecule has 2 rings (SSSR count). The number of nitrogens with one attached hydrogen (secondary N) is 1. The summed E-state index contributed by atoms with van der Waals surface area (Å²) in [4.78, 5) is 25.5. The molecule has 0 aliphatic heterocycles. The first-order valence-corrected chi connectivity index (χ1v) is 7.00. The highest BCUT2D eigenvalue weighted by atomic mass is 16.2. The van der Waals surface area contributed by atoms with Crippen molar-refractivity contribution in [2.75, 3.05) is 18.9 Å². The number of hydrogen-bond acceptors (Lipinski definition) is 2. The number of likely N-dealkylation sites (N-methyl/N-ethyl adjacent to an activating group) is 1. The van der Waals surface area contributed by atoms with Crippen molar-refractivity contribution in [1.82, 2.24) is 4.90 Å². The van der Waals surface area contributed by atoms with Crippen LogP contribution in [0.3, 0.4) is 0 Å². The van der Waals surface area contributed by atoms with Crippen LogP contribution in [0.15, 0.2) is 18.2 Å². The van der Waals surface area contributed by atoms with Crippen molar-refractivity contribution < 1.29 is 9.59 Å². The molecule has 0 spiro atoms. The van der Waals surface area contributed by atoms with E-state index in [1.165, 1.54) is 4.90 Å². The molecule has 0 aromatic heterocycles. The Bertz CT molecular complexity index is 539. The summed E-state index contributed by atoms with van der Waals surface area (Å²) in [6.07, 6.45) is 0.946. The lowest BCUT2D eigenvalue weighted by Crippen LogP contribution is -2.36. The maximum Gasteiger partial charge on any atom is 0.243 e. The fourth-order valence-corrected chi connectivity index (χ4v) is 2.30. The molecule has 1 fully saturated rings. The van der Waals surface area contributed by atoms with Crippen molar-refractivity contribution in [3.63, 3.8) is 0 Å². The van der Waals surface area contributed by atoms with Crippen molar-refractivity contribution in [1.29, 1.82) is 0 Å². The van der Waals surface area contributed by atoms with Gasteiger partial charge in [-0.15, -0.1) is 0 Å². The van der Waals surface area contributed by atoms with E-state index in [1.807, 2.05) is 32.0 Å². The first-order chi connectivity index (χ1) is 9.38. The van der Waals surface area contributed by atoms with Crippen LogP contribution >= 0.6 is 0 Å². The summed E-state index contributed by atoms with van der Waals surface area (Å²) < 4.78 is 0. The van der Waals surface area contributed by atoms with E-state index in [0.717, 1.165) is 23.2 Å². The van der Waals surface area contributed by atoms with Crippen LogP contribution in [0.4, 0.5) is 5.69 Å². The maximum absolute atomic E-state index is 12.0. The van der Waals surface area contributed by atoms with Crippen LogP contribution in [0.1, 0.15) is 24.5 Å². The molecule has 4 heteroatoms. The largest absolute Gasteiger partial charge is 0.336 e. The summed E-state index contributed by atoms with van der Waals surface area (Å²) in [6.45, 7) is 6.11. The van der Waals surface area contributed by atoms with Gasteiger partial charge in [-0.05, 0) is 43.4 Å². The quantitative estimate of drug-likeness (QED) is 0.916. The minimum atomic E-state index is -0.150.